The Hall–Kier alpha value is -1.70. The highest BCUT2D eigenvalue weighted by Crippen LogP contribution is 2.47. The van der Waals surface area contributed by atoms with E-state index in [1.54, 1.807) is 0 Å². The van der Waals surface area contributed by atoms with E-state index in [0.29, 0.717) is 12.8 Å². The van der Waals surface area contributed by atoms with Crippen LogP contribution in [0.5, 0.6) is 0 Å². The van der Waals surface area contributed by atoms with Crippen LogP contribution >= 0.6 is 7.82 Å². The predicted molar refractivity (Wildman–Crippen MR) is 156 cm³/mol. The summed E-state index contributed by atoms with van der Waals surface area (Å²) in [6.07, 6.45) is 12.5. The van der Waals surface area contributed by atoms with Crippen LogP contribution in [0.25, 0.3) is 0 Å². The molecule has 0 aromatic rings. The van der Waals surface area contributed by atoms with Crippen molar-refractivity contribution in [1.82, 2.24) is 0 Å². The van der Waals surface area contributed by atoms with E-state index in [1.165, 1.54) is 19.3 Å². The van der Waals surface area contributed by atoms with Gasteiger partial charge in [-0.3, -0.25) is 13.8 Å². The number of phosphoric ester groups is 1. The van der Waals surface area contributed by atoms with Gasteiger partial charge in [0.1, 0.15) is 49.3 Å². The minimum atomic E-state index is -5.00. The third-order valence-electron chi connectivity index (χ3n) is 6.40. The van der Waals surface area contributed by atoms with Crippen LogP contribution in [-0.2, 0) is 23.1 Å². The highest BCUT2D eigenvalue weighted by Gasteiger charge is 2.51. The van der Waals surface area contributed by atoms with Gasteiger partial charge in [-0.1, -0.05) is 68.4 Å². The van der Waals surface area contributed by atoms with E-state index < -0.39 is 69.7 Å². The van der Waals surface area contributed by atoms with E-state index in [4.69, 9.17) is 4.74 Å². The number of hydrogen-bond donors (Lipinski definition) is 7. The molecule has 1 fully saturated rings. The van der Waals surface area contributed by atoms with Crippen molar-refractivity contribution in [2.24, 2.45) is 0 Å². The van der Waals surface area contributed by atoms with Gasteiger partial charge in [0.15, 0.2) is 0 Å². The molecule has 242 valence electrons. The molecule has 6 unspecified atom stereocenters. The average Bonchev–Trinajstić information content (AvgIpc) is 2.96. The van der Waals surface area contributed by atoms with Gasteiger partial charge in [-0.2, -0.15) is 0 Å². The van der Waals surface area contributed by atoms with E-state index in [0.717, 1.165) is 25.7 Å². The predicted octanol–water partition coefficient (Wildman–Crippen LogP) is 2.36. The molecule has 1 rings (SSSR count). The molecule has 13 heteroatoms. The first-order valence-electron chi connectivity index (χ1n) is 14.5. The lowest BCUT2D eigenvalue weighted by Crippen LogP contribution is -2.64. The van der Waals surface area contributed by atoms with Crippen molar-refractivity contribution >= 4 is 13.8 Å². The zero-order valence-electron chi connectivity index (χ0n) is 24.3. The molecule has 6 atom stereocenters. The number of aliphatic hydroxyl groups is 6. The fourth-order valence-corrected chi connectivity index (χ4v) is 4.90. The Bertz CT molecular complexity index is 889. The van der Waals surface area contributed by atoms with Crippen LogP contribution in [0, 0.1) is 0 Å². The van der Waals surface area contributed by atoms with Gasteiger partial charge in [-0.15, -0.1) is 0 Å². The Morgan fingerprint density at radius 3 is 1.74 bits per heavy atom. The monoisotopic (exact) mass is 620 g/mol. The van der Waals surface area contributed by atoms with Gasteiger partial charge in [0.2, 0.25) is 0 Å². The van der Waals surface area contributed by atoms with E-state index in [-0.39, 0.29) is 6.42 Å². The van der Waals surface area contributed by atoms with Gasteiger partial charge < -0.3 is 40.3 Å². The molecule has 42 heavy (non-hydrogen) atoms. The molecular weight excluding hydrogens is 571 g/mol. The van der Waals surface area contributed by atoms with Crippen molar-refractivity contribution in [2.45, 2.75) is 114 Å². The van der Waals surface area contributed by atoms with E-state index in [1.807, 2.05) is 12.2 Å². The van der Waals surface area contributed by atoms with Gasteiger partial charge in [-0.05, 0) is 44.9 Å². The first kappa shape index (κ1) is 38.3. The van der Waals surface area contributed by atoms with Crippen LogP contribution in [0.3, 0.4) is 0 Å². The fraction of sp³-hybridized carbons (Fsp3) is 0.690. The van der Waals surface area contributed by atoms with Gasteiger partial charge >= 0.3 is 13.8 Å². The van der Waals surface area contributed by atoms with Crippen molar-refractivity contribution < 1.29 is 58.7 Å². The molecule has 1 saturated carbocycles. The topological polar surface area (TPSA) is 203 Å². The van der Waals surface area contributed by atoms with Gasteiger partial charge in [-0.25, -0.2) is 4.57 Å². The van der Waals surface area contributed by atoms with Crippen LogP contribution in [-0.4, -0.2) is 97.4 Å². The average molecular weight is 621 g/mol. The van der Waals surface area contributed by atoms with E-state index in [9.17, 15) is 44.9 Å². The standard InChI is InChI=1S/C29H49O12P/c1-2-3-4-5-6-7-8-9-10-11-12-13-14-15-16-17-18-19-23(31)39-20-22(30)21-40-42(37,38)41-29-27(35)25(33)24(32)26(34)28(29)36/h6-7,9-10,12-13,15-16,22,24-30,32-36H,2-5,8,11,14,17-21H2,1H3,(H,37,38)/b7-6-,10-9-,13-12-,16-15-. The molecule has 1 aliphatic rings. The summed E-state index contributed by atoms with van der Waals surface area (Å²) < 4.78 is 26.3. The lowest BCUT2D eigenvalue weighted by atomic mass is 9.85. The molecule has 0 amide bonds. The number of esters is 1. The summed E-state index contributed by atoms with van der Waals surface area (Å²) in [5.74, 6) is -0.566. The van der Waals surface area contributed by atoms with Crippen LogP contribution in [0.15, 0.2) is 48.6 Å². The lowest BCUT2D eigenvalue weighted by Gasteiger charge is -2.41. The first-order valence-corrected chi connectivity index (χ1v) is 16.0. The number of hydrogen-bond acceptors (Lipinski definition) is 11. The first-order chi connectivity index (χ1) is 20.0. The molecular formula is C29H49O12P. The Morgan fingerprint density at radius 1 is 0.738 bits per heavy atom. The summed E-state index contributed by atoms with van der Waals surface area (Å²) in [7, 11) is -5.00. The minimum Gasteiger partial charge on any atom is -0.463 e. The highest BCUT2D eigenvalue weighted by molar-refractivity contribution is 7.47. The van der Waals surface area contributed by atoms with Crippen LogP contribution in [0.2, 0.25) is 0 Å². The number of allylic oxidation sites excluding steroid dienone is 8. The number of ether oxygens (including phenoxy) is 1. The summed E-state index contributed by atoms with van der Waals surface area (Å²) >= 11 is 0. The molecule has 1 aliphatic carbocycles. The maximum atomic E-state index is 12.1. The molecule has 12 nitrogen and oxygen atoms in total. The molecule has 0 spiro atoms. The summed E-state index contributed by atoms with van der Waals surface area (Å²) in [5.41, 5.74) is 0. The highest BCUT2D eigenvalue weighted by atomic mass is 31.2. The maximum absolute atomic E-state index is 12.1. The Balaban J connectivity index is 2.15. The largest absolute Gasteiger partial charge is 0.472 e. The molecule has 0 aromatic carbocycles. The summed E-state index contributed by atoms with van der Waals surface area (Å²) in [5, 5.41) is 58.5. The van der Waals surface area contributed by atoms with E-state index in [2.05, 4.69) is 52.4 Å². The zero-order valence-corrected chi connectivity index (χ0v) is 25.2. The Morgan fingerprint density at radius 2 is 1.21 bits per heavy atom. The number of phosphoric acid groups is 1. The Kier molecular flexibility index (Phi) is 20.0. The van der Waals surface area contributed by atoms with Crippen LogP contribution in [0.4, 0.5) is 0 Å². The van der Waals surface area contributed by atoms with Gasteiger partial charge in [0, 0.05) is 6.42 Å². The SMILES string of the molecule is CCCCC/C=C\C/C=C\C/C=C\C/C=C\CCCC(=O)OCC(O)COP(=O)(O)OC1C(O)C(O)C(O)C(O)C1O. The molecule has 0 heterocycles. The second-order valence-corrected chi connectivity index (χ2v) is 11.5. The molecule has 0 bridgehead atoms. The van der Waals surface area contributed by atoms with Gasteiger partial charge in [0.25, 0.3) is 0 Å². The van der Waals surface area contributed by atoms with E-state index >= 15 is 0 Å². The van der Waals surface area contributed by atoms with Crippen LogP contribution < -0.4 is 0 Å². The number of aliphatic hydroxyl groups excluding tert-OH is 6. The molecule has 0 aromatic heterocycles. The minimum absolute atomic E-state index is 0.112. The van der Waals surface area contributed by atoms with Crippen molar-refractivity contribution in [3.8, 4) is 0 Å². The Labute approximate surface area is 248 Å². The second-order valence-electron chi connectivity index (χ2n) is 10.1. The lowest BCUT2D eigenvalue weighted by molar-refractivity contribution is -0.220. The molecule has 0 saturated heterocycles. The molecule has 7 N–H and O–H groups in total. The number of unbranched alkanes of at least 4 members (excludes halogenated alkanes) is 4. The third kappa shape index (κ3) is 16.2. The number of carbonyl (C=O) groups is 1. The van der Waals surface area contributed by atoms with Crippen molar-refractivity contribution in [2.75, 3.05) is 13.2 Å². The van der Waals surface area contributed by atoms with Crippen LogP contribution in [0.1, 0.15) is 71.1 Å². The smallest absolute Gasteiger partial charge is 0.463 e. The van der Waals surface area contributed by atoms with Crippen molar-refractivity contribution in [1.29, 1.82) is 0 Å². The zero-order chi connectivity index (χ0) is 31.4. The normalized spacial score (nSPS) is 27.3. The summed E-state index contributed by atoms with van der Waals surface area (Å²) in [4.78, 5) is 21.7. The summed E-state index contributed by atoms with van der Waals surface area (Å²) in [6, 6.07) is 0. The molecule has 0 aliphatic heterocycles. The number of carbonyl (C=O) groups excluding carboxylic acids is 1. The fourth-order valence-electron chi connectivity index (χ4n) is 3.92. The maximum Gasteiger partial charge on any atom is 0.472 e. The van der Waals surface area contributed by atoms with Crippen molar-refractivity contribution in [3.63, 3.8) is 0 Å². The van der Waals surface area contributed by atoms with Crippen molar-refractivity contribution in [3.05, 3.63) is 48.6 Å². The summed E-state index contributed by atoms with van der Waals surface area (Å²) in [6.45, 7) is 0.894. The number of rotatable bonds is 21. The second kappa shape index (κ2) is 21.9. The third-order valence-corrected chi connectivity index (χ3v) is 7.39. The quantitative estimate of drug-likeness (QED) is 0.0428. The molecule has 0 radical (unpaired) electrons. The van der Waals surface area contributed by atoms with Gasteiger partial charge in [0.05, 0.1) is 6.61 Å².